The van der Waals surface area contributed by atoms with Crippen molar-refractivity contribution in [1.82, 2.24) is 0 Å². The number of carboxylic acid groups (broad SMARTS) is 1. The van der Waals surface area contributed by atoms with Gasteiger partial charge >= 0.3 is 5.97 Å². The molecule has 3 nitrogen and oxygen atoms in total. The molecule has 108 valence electrons. The zero-order chi connectivity index (χ0) is 15.2. The summed E-state index contributed by atoms with van der Waals surface area (Å²) in [4.78, 5) is 21.9. The van der Waals surface area contributed by atoms with Gasteiger partial charge in [-0.25, -0.2) is 4.79 Å². The predicted octanol–water partition coefficient (Wildman–Crippen LogP) is 3.58. The Labute approximate surface area is 124 Å². The largest absolute Gasteiger partial charge is 0.475 e. The van der Waals surface area contributed by atoms with Gasteiger partial charge in [0, 0.05) is 5.92 Å². The standard InChI is InChI=1S/C18H18O3/c1-13(17(19)18(20)21)7-8-14-9-11-16(12-10-14)15-5-3-2-4-6-15/h2-6,9-13H,7-8H2,1H3,(H,20,21)/t13-/m0/s1. The number of carbonyl (C=O) groups excluding carboxylic acids is 1. The fourth-order valence-electron chi connectivity index (χ4n) is 2.22. The van der Waals surface area contributed by atoms with Crippen LogP contribution in [0.25, 0.3) is 11.1 Å². The second-order valence-electron chi connectivity index (χ2n) is 5.17. The monoisotopic (exact) mass is 282 g/mol. The minimum atomic E-state index is -1.35. The number of aryl methyl sites for hydroxylation is 1. The fraction of sp³-hybridized carbons (Fsp3) is 0.222. The molecule has 0 radical (unpaired) electrons. The number of carbonyl (C=O) groups is 2. The van der Waals surface area contributed by atoms with Gasteiger partial charge in [0.15, 0.2) is 0 Å². The van der Waals surface area contributed by atoms with Crippen molar-refractivity contribution < 1.29 is 14.7 Å². The molecule has 0 aromatic heterocycles. The minimum Gasteiger partial charge on any atom is -0.475 e. The first kappa shape index (κ1) is 15.0. The number of rotatable bonds is 6. The molecule has 0 fully saturated rings. The maximum absolute atomic E-state index is 11.3. The van der Waals surface area contributed by atoms with Crippen LogP contribution in [0.5, 0.6) is 0 Å². The average Bonchev–Trinajstić information content (AvgIpc) is 2.53. The topological polar surface area (TPSA) is 54.4 Å². The molecule has 0 spiro atoms. The zero-order valence-electron chi connectivity index (χ0n) is 12.0. The minimum absolute atomic E-state index is 0.448. The first-order valence-corrected chi connectivity index (χ1v) is 6.99. The Kier molecular flexibility index (Phi) is 4.88. The van der Waals surface area contributed by atoms with E-state index in [0.717, 1.165) is 11.1 Å². The lowest BCUT2D eigenvalue weighted by Crippen LogP contribution is -2.21. The van der Waals surface area contributed by atoms with Crippen LogP contribution < -0.4 is 0 Å². The van der Waals surface area contributed by atoms with E-state index >= 15 is 0 Å². The molecule has 0 heterocycles. The van der Waals surface area contributed by atoms with E-state index in [4.69, 9.17) is 5.11 Å². The molecule has 0 aliphatic heterocycles. The number of benzene rings is 2. The summed E-state index contributed by atoms with van der Waals surface area (Å²) < 4.78 is 0. The van der Waals surface area contributed by atoms with Crippen molar-refractivity contribution >= 4 is 11.8 Å². The second kappa shape index (κ2) is 6.84. The number of hydrogen-bond acceptors (Lipinski definition) is 2. The highest BCUT2D eigenvalue weighted by Crippen LogP contribution is 2.20. The van der Waals surface area contributed by atoms with Crippen molar-refractivity contribution in [1.29, 1.82) is 0 Å². The van der Waals surface area contributed by atoms with Crippen molar-refractivity contribution in [2.45, 2.75) is 19.8 Å². The van der Waals surface area contributed by atoms with Crippen molar-refractivity contribution in [3.8, 4) is 11.1 Å². The predicted molar refractivity (Wildman–Crippen MR) is 82.0 cm³/mol. The van der Waals surface area contributed by atoms with Crippen LogP contribution >= 0.6 is 0 Å². The van der Waals surface area contributed by atoms with Crippen LogP contribution in [0.1, 0.15) is 18.9 Å². The Bertz CT molecular complexity index is 615. The second-order valence-corrected chi connectivity index (χ2v) is 5.17. The third kappa shape index (κ3) is 4.02. The fourth-order valence-corrected chi connectivity index (χ4v) is 2.22. The summed E-state index contributed by atoms with van der Waals surface area (Å²) in [6.45, 7) is 1.66. The van der Waals surface area contributed by atoms with Gasteiger partial charge < -0.3 is 5.11 Å². The van der Waals surface area contributed by atoms with Gasteiger partial charge in [0.2, 0.25) is 5.78 Å². The third-order valence-corrected chi connectivity index (χ3v) is 3.59. The molecule has 1 atom stereocenters. The van der Waals surface area contributed by atoms with E-state index in [9.17, 15) is 9.59 Å². The van der Waals surface area contributed by atoms with E-state index in [0.29, 0.717) is 12.8 Å². The number of carboxylic acids is 1. The van der Waals surface area contributed by atoms with Gasteiger partial charge in [-0.05, 0) is 29.5 Å². The van der Waals surface area contributed by atoms with Gasteiger partial charge in [0.05, 0.1) is 0 Å². The Morgan fingerprint density at radius 3 is 2.10 bits per heavy atom. The van der Waals surface area contributed by atoms with Crippen molar-refractivity contribution in [3.63, 3.8) is 0 Å². The SMILES string of the molecule is C[C@@H](CCc1ccc(-c2ccccc2)cc1)C(=O)C(=O)O. The summed E-state index contributed by atoms with van der Waals surface area (Å²) in [6.07, 6.45) is 1.26. The summed E-state index contributed by atoms with van der Waals surface area (Å²) in [5.74, 6) is -2.51. The maximum atomic E-state index is 11.3. The molecule has 0 unspecified atom stereocenters. The van der Waals surface area contributed by atoms with Gasteiger partial charge in [-0.1, -0.05) is 61.5 Å². The average molecular weight is 282 g/mol. The highest BCUT2D eigenvalue weighted by molar-refractivity contribution is 6.33. The van der Waals surface area contributed by atoms with Crippen LogP contribution in [0.4, 0.5) is 0 Å². The van der Waals surface area contributed by atoms with Crippen LogP contribution in [0.2, 0.25) is 0 Å². The molecule has 1 N–H and O–H groups in total. The summed E-state index contributed by atoms with van der Waals surface area (Å²) in [7, 11) is 0. The summed E-state index contributed by atoms with van der Waals surface area (Å²) in [6, 6.07) is 18.3. The molecule has 2 aromatic carbocycles. The van der Waals surface area contributed by atoms with E-state index in [1.165, 1.54) is 5.56 Å². The number of Topliss-reactive ketones (excluding diaryl/α,β-unsaturated/α-hetero) is 1. The number of aliphatic carboxylic acids is 1. The quantitative estimate of drug-likeness (QED) is 0.824. The van der Waals surface area contributed by atoms with Crippen LogP contribution in [0.3, 0.4) is 0 Å². The Balaban J connectivity index is 1.97. The van der Waals surface area contributed by atoms with E-state index in [2.05, 4.69) is 12.1 Å². The molecule has 21 heavy (non-hydrogen) atoms. The first-order valence-electron chi connectivity index (χ1n) is 6.99. The normalized spacial score (nSPS) is 11.9. The highest BCUT2D eigenvalue weighted by Gasteiger charge is 2.19. The molecule has 0 saturated carbocycles. The number of ketones is 1. The Hall–Kier alpha value is -2.42. The van der Waals surface area contributed by atoms with Crippen LogP contribution in [0.15, 0.2) is 54.6 Å². The zero-order valence-corrected chi connectivity index (χ0v) is 12.0. The van der Waals surface area contributed by atoms with Crippen molar-refractivity contribution in [3.05, 3.63) is 60.2 Å². The lowest BCUT2D eigenvalue weighted by molar-refractivity contribution is -0.150. The van der Waals surface area contributed by atoms with Gasteiger partial charge in [0.25, 0.3) is 0 Å². The third-order valence-electron chi connectivity index (χ3n) is 3.59. The van der Waals surface area contributed by atoms with E-state index in [1.807, 2.05) is 42.5 Å². The number of hydrogen-bond donors (Lipinski definition) is 1. The Morgan fingerprint density at radius 1 is 0.952 bits per heavy atom. The van der Waals surface area contributed by atoms with Crippen LogP contribution in [-0.4, -0.2) is 16.9 Å². The molecule has 3 heteroatoms. The van der Waals surface area contributed by atoms with Crippen LogP contribution in [-0.2, 0) is 16.0 Å². The van der Waals surface area contributed by atoms with Gasteiger partial charge in [-0.3, -0.25) is 4.79 Å². The maximum Gasteiger partial charge on any atom is 0.372 e. The molecule has 2 rings (SSSR count). The van der Waals surface area contributed by atoms with Crippen molar-refractivity contribution in [2.24, 2.45) is 5.92 Å². The summed E-state index contributed by atoms with van der Waals surface area (Å²) in [5, 5.41) is 8.66. The lowest BCUT2D eigenvalue weighted by atomic mass is 9.96. The van der Waals surface area contributed by atoms with Crippen molar-refractivity contribution in [2.75, 3.05) is 0 Å². The highest BCUT2D eigenvalue weighted by atomic mass is 16.4. The molecule has 0 aliphatic rings. The molecule has 0 aliphatic carbocycles. The van der Waals surface area contributed by atoms with Gasteiger partial charge in [0.1, 0.15) is 0 Å². The van der Waals surface area contributed by atoms with E-state index in [-0.39, 0.29) is 0 Å². The molecular formula is C18H18O3. The molecule has 0 bridgehead atoms. The summed E-state index contributed by atoms with van der Waals surface area (Å²) >= 11 is 0. The van der Waals surface area contributed by atoms with Crippen LogP contribution in [0, 0.1) is 5.92 Å². The Morgan fingerprint density at radius 2 is 1.52 bits per heavy atom. The van der Waals surface area contributed by atoms with E-state index in [1.54, 1.807) is 6.92 Å². The summed E-state index contributed by atoms with van der Waals surface area (Å²) in [5.41, 5.74) is 3.42. The molecule has 2 aromatic rings. The smallest absolute Gasteiger partial charge is 0.372 e. The molecule has 0 amide bonds. The van der Waals surface area contributed by atoms with Gasteiger partial charge in [-0.15, -0.1) is 0 Å². The van der Waals surface area contributed by atoms with E-state index < -0.39 is 17.7 Å². The molecular weight excluding hydrogens is 264 g/mol. The van der Waals surface area contributed by atoms with Gasteiger partial charge in [-0.2, -0.15) is 0 Å². The lowest BCUT2D eigenvalue weighted by Gasteiger charge is -2.08. The first-order chi connectivity index (χ1) is 10.1. The molecule has 0 saturated heterocycles.